The minimum atomic E-state index is -0.782. The molecule has 3 aliphatic rings. The van der Waals surface area contributed by atoms with E-state index in [1.807, 2.05) is 12.1 Å². The van der Waals surface area contributed by atoms with Crippen molar-refractivity contribution in [3.05, 3.63) is 53.8 Å². The van der Waals surface area contributed by atoms with Gasteiger partial charge < -0.3 is 16.0 Å². The highest BCUT2D eigenvalue weighted by molar-refractivity contribution is 5.89. The molecule has 7 heteroatoms. The molecule has 2 amide bonds. The first-order valence-corrected chi connectivity index (χ1v) is 11.1. The molecule has 1 heterocycles. The Morgan fingerprint density at radius 2 is 1.88 bits per heavy atom. The van der Waals surface area contributed by atoms with Gasteiger partial charge in [-0.1, -0.05) is 24.3 Å². The molecular formula is C25H25FN4O2. The van der Waals surface area contributed by atoms with E-state index in [4.69, 9.17) is 0 Å². The first-order chi connectivity index (χ1) is 15.4. The first kappa shape index (κ1) is 20.7. The van der Waals surface area contributed by atoms with E-state index in [1.54, 1.807) is 24.3 Å². The van der Waals surface area contributed by atoms with Crippen molar-refractivity contribution in [2.45, 2.75) is 44.3 Å². The van der Waals surface area contributed by atoms with E-state index in [9.17, 15) is 19.2 Å². The maximum absolute atomic E-state index is 14.8. The van der Waals surface area contributed by atoms with Crippen molar-refractivity contribution >= 4 is 17.5 Å². The van der Waals surface area contributed by atoms with Gasteiger partial charge in [-0.15, -0.1) is 0 Å². The van der Waals surface area contributed by atoms with E-state index < -0.39 is 11.9 Å². The molecule has 2 bridgehead atoms. The second-order valence-corrected chi connectivity index (χ2v) is 9.17. The average molecular weight is 432 g/mol. The molecule has 1 saturated heterocycles. The number of amides is 2. The third-order valence-corrected chi connectivity index (χ3v) is 7.08. The molecule has 2 aromatic carbocycles. The summed E-state index contributed by atoms with van der Waals surface area (Å²) in [5, 5.41) is 18.5. The molecule has 0 radical (unpaired) electrons. The van der Waals surface area contributed by atoms with Gasteiger partial charge in [-0.25, -0.2) is 4.39 Å². The Labute approximate surface area is 186 Å². The van der Waals surface area contributed by atoms with Crippen LogP contribution in [-0.4, -0.2) is 29.9 Å². The summed E-state index contributed by atoms with van der Waals surface area (Å²) in [6.07, 6.45) is 2.37. The van der Waals surface area contributed by atoms with Crippen molar-refractivity contribution in [1.82, 2.24) is 10.6 Å². The Bertz CT molecular complexity index is 1110. The van der Waals surface area contributed by atoms with E-state index >= 15 is 0 Å². The van der Waals surface area contributed by atoms with Crippen molar-refractivity contribution in [3.63, 3.8) is 0 Å². The molecule has 6 atom stereocenters. The number of nitriles is 1. The van der Waals surface area contributed by atoms with Crippen molar-refractivity contribution in [2.75, 3.05) is 5.32 Å². The zero-order valence-electron chi connectivity index (χ0n) is 17.8. The second-order valence-electron chi connectivity index (χ2n) is 9.17. The summed E-state index contributed by atoms with van der Waals surface area (Å²) < 4.78 is 14.8. The standard InChI is InChI=1S/C25H25FN4O2/c1-13(31)28-17-6-4-14(5-7-17)15-2-3-16(22(26)9-15)8-18(12-27)29-25(32)24-21-11-23(30-24)20-10-19(20)21/h2-7,9,18-21,23-24,30H,8,10-11H2,1H3,(H,28,31)(H,29,32)/t18-,19+,20-,21+,23-,24-/m0/s1. The number of piperidine rings is 1. The molecule has 6 nitrogen and oxygen atoms in total. The number of anilines is 1. The fourth-order valence-corrected chi connectivity index (χ4v) is 5.48. The lowest BCUT2D eigenvalue weighted by molar-refractivity contribution is -0.124. The predicted molar refractivity (Wildman–Crippen MR) is 118 cm³/mol. The molecule has 3 fully saturated rings. The van der Waals surface area contributed by atoms with Gasteiger partial charge in [0.15, 0.2) is 0 Å². The van der Waals surface area contributed by atoms with Crippen molar-refractivity contribution in [1.29, 1.82) is 5.26 Å². The number of rotatable bonds is 6. The second kappa shape index (κ2) is 8.03. The summed E-state index contributed by atoms with van der Waals surface area (Å²) in [5.74, 6) is 1.06. The zero-order valence-corrected chi connectivity index (χ0v) is 17.8. The average Bonchev–Trinajstić information content (AvgIpc) is 3.37. The Hall–Kier alpha value is -3.24. The Balaban J connectivity index is 1.23. The number of hydrogen-bond donors (Lipinski definition) is 3. The molecule has 0 spiro atoms. The third-order valence-electron chi connectivity index (χ3n) is 7.08. The van der Waals surface area contributed by atoms with Gasteiger partial charge >= 0.3 is 0 Å². The molecule has 2 saturated carbocycles. The maximum atomic E-state index is 14.8. The fourth-order valence-electron chi connectivity index (χ4n) is 5.48. The number of fused-ring (bicyclic) bond motifs is 5. The van der Waals surface area contributed by atoms with E-state index in [0.29, 0.717) is 34.7 Å². The quantitative estimate of drug-likeness (QED) is 0.654. The Morgan fingerprint density at radius 3 is 2.50 bits per heavy atom. The van der Waals surface area contributed by atoms with Crippen LogP contribution in [0.3, 0.4) is 0 Å². The van der Waals surface area contributed by atoms with Crippen LogP contribution in [0.25, 0.3) is 11.1 Å². The van der Waals surface area contributed by atoms with Crippen LogP contribution >= 0.6 is 0 Å². The zero-order chi connectivity index (χ0) is 22.4. The van der Waals surface area contributed by atoms with E-state index in [-0.39, 0.29) is 24.3 Å². The fraction of sp³-hybridized carbons (Fsp3) is 0.400. The van der Waals surface area contributed by atoms with Gasteiger partial charge in [-0.2, -0.15) is 5.26 Å². The van der Waals surface area contributed by atoms with Crippen molar-refractivity contribution < 1.29 is 14.0 Å². The van der Waals surface area contributed by atoms with Crippen LogP contribution in [0.5, 0.6) is 0 Å². The van der Waals surface area contributed by atoms with Gasteiger partial charge in [0.05, 0.1) is 12.1 Å². The molecule has 164 valence electrons. The van der Waals surface area contributed by atoms with Gasteiger partial charge in [0.2, 0.25) is 11.8 Å². The first-order valence-electron chi connectivity index (χ1n) is 11.1. The third kappa shape index (κ3) is 3.87. The highest BCUT2D eigenvalue weighted by Gasteiger charge is 2.62. The van der Waals surface area contributed by atoms with Crippen LogP contribution in [0, 0.1) is 34.9 Å². The summed E-state index contributed by atoms with van der Waals surface area (Å²) in [6.45, 7) is 1.44. The van der Waals surface area contributed by atoms with E-state index in [2.05, 4.69) is 22.0 Å². The van der Waals surface area contributed by atoms with Gasteiger partial charge in [0, 0.05) is 25.1 Å². The molecule has 1 aliphatic heterocycles. The largest absolute Gasteiger partial charge is 0.339 e. The molecular weight excluding hydrogens is 407 g/mol. The van der Waals surface area contributed by atoms with Crippen LogP contribution in [0.1, 0.15) is 25.3 Å². The summed E-state index contributed by atoms with van der Waals surface area (Å²) >= 11 is 0. The smallest absolute Gasteiger partial charge is 0.238 e. The van der Waals surface area contributed by atoms with E-state index in [0.717, 1.165) is 17.9 Å². The summed E-state index contributed by atoms with van der Waals surface area (Å²) in [4.78, 5) is 23.9. The lowest BCUT2D eigenvalue weighted by atomic mass is 9.96. The lowest BCUT2D eigenvalue weighted by Crippen LogP contribution is -2.51. The summed E-state index contributed by atoms with van der Waals surface area (Å²) in [5.41, 5.74) is 2.57. The molecule has 2 aliphatic carbocycles. The van der Waals surface area contributed by atoms with Crippen LogP contribution in [0.4, 0.5) is 10.1 Å². The van der Waals surface area contributed by atoms with Gasteiger partial charge in [-0.3, -0.25) is 9.59 Å². The highest BCUT2D eigenvalue weighted by atomic mass is 19.1. The number of benzene rings is 2. The lowest BCUT2D eigenvalue weighted by Gasteiger charge is -2.23. The van der Waals surface area contributed by atoms with Gasteiger partial charge in [0.25, 0.3) is 0 Å². The normalized spacial score (nSPS) is 27.8. The van der Waals surface area contributed by atoms with Crippen LogP contribution in [0.15, 0.2) is 42.5 Å². The molecule has 0 unspecified atom stereocenters. The number of nitrogens with one attached hydrogen (secondary N) is 3. The molecule has 5 rings (SSSR count). The minimum absolute atomic E-state index is 0.114. The van der Waals surface area contributed by atoms with Crippen LogP contribution in [-0.2, 0) is 16.0 Å². The van der Waals surface area contributed by atoms with Crippen LogP contribution in [0.2, 0.25) is 0 Å². The van der Waals surface area contributed by atoms with E-state index in [1.165, 1.54) is 19.4 Å². The van der Waals surface area contributed by atoms with Crippen molar-refractivity contribution in [2.24, 2.45) is 17.8 Å². The molecule has 32 heavy (non-hydrogen) atoms. The summed E-state index contributed by atoms with van der Waals surface area (Å²) in [7, 11) is 0. The van der Waals surface area contributed by atoms with Gasteiger partial charge in [-0.05, 0) is 65.5 Å². The minimum Gasteiger partial charge on any atom is -0.339 e. The molecule has 3 N–H and O–H groups in total. The highest BCUT2D eigenvalue weighted by Crippen LogP contribution is 2.59. The maximum Gasteiger partial charge on any atom is 0.238 e. The Kier molecular flexibility index (Phi) is 5.18. The SMILES string of the molecule is CC(=O)Nc1ccc(-c2ccc(C[C@@H](C#N)NC(=O)[C@H]3N[C@H]4C[C@@H]3[C@@H]3C[C@@H]34)c(F)c2)cc1. The topological polar surface area (TPSA) is 94.0 Å². The molecule has 0 aromatic heterocycles. The van der Waals surface area contributed by atoms with Crippen molar-refractivity contribution in [3.8, 4) is 17.2 Å². The number of hydrogen-bond acceptors (Lipinski definition) is 4. The number of halogens is 1. The molecule has 2 aromatic rings. The monoisotopic (exact) mass is 432 g/mol. The number of nitrogens with zero attached hydrogens (tertiary/aromatic N) is 1. The van der Waals surface area contributed by atoms with Gasteiger partial charge in [0.1, 0.15) is 11.9 Å². The number of carbonyl (C=O) groups is 2. The Morgan fingerprint density at radius 1 is 1.12 bits per heavy atom. The summed E-state index contributed by atoms with van der Waals surface area (Å²) in [6, 6.07) is 13.6. The number of carbonyl (C=O) groups excluding carboxylic acids is 2. The van der Waals surface area contributed by atoms with Crippen LogP contribution < -0.4 is 16.0 Å². The predicted octanol–water partition coefficient (Wildman–Crippen LogP) is 3.00.